The van der Waals surface area contributed by atoms with Crippen molar-refractivity contribution in [3.63, 3.8) is 0 Å². The lowest BCUT2D eigenvalue weighted by Crippen LogP contribution is -2.28. The van der Waals surface area contributed by atoms with Gasteiger partial charge in [-0.2, -0.15) is 0 Å². The third-order valence-electron chi connectivity index (χ3n) is 3.32. The fraction of sp³-hybridized carbons (Fsp3) is 0.438. The van der Waals surface area contributed by atoms with Crippen molar-refractivity contribution in [2.24, 2.45) is 0 Å². The predicted molar refractivity (Wildman–Crippen MR) is 77.3 cm³/mol. The van der Waals surface area contributed by atoms with E-state index in [0.717, 1.165) is 29.7 Å². The molecule has 106 valence electrons. The van der Waals surface area contributed by atoms with Crippen LogP contribution in [0.2, 0.25) is 0 Å². The van der Waals surface area contributed by atoms with Crippen molar-refractivity contribution in [1.82, 2.24) is 0 Å². The van der Waals surface area contributed by atoms with Gasteiger partial charge in [0.2, 0.25) is 0 Å². The number of amides is 1. The molecule has 4 nitrogen and oxygen atoms in total. The Morgan fingerprint density at radius 2 is 2.30 bits per heavy atom. The summed E-state index contributed by atoms with van der Waals surface area (Å²) in [5.41, 5.74) is 2.53. The zero-order valence-corrected chi connectivity index (χ0v) is 11.8. The summed E-state index contributed by atoms with van der Waals surface area (Å²) >= 11 is 0. The highest BCUT2D eigenvalue weighted by atomic mass is 16.5. The quantitative estimate of drug-likeness (QED) is 0.808. The van der Waals surface area contributed by atoms with Crippen LogP contribution in [0.5, 0.6) is 0 Å². The summed E-state index contributed by atoms with van der Waals surface area (Å²) in [5.74, 6) is 5.35. The van der Waals surface area contributed by atoms with Crippen molar-refractivity contribution < 1.29 is 14.6 Å². The first kappa shape index (κ1) is 14.6. The van der Waals surface area contributed by atoms with E-state index in [0.29, 0.717) is 0 Å². The van der Waals surface area contributed by atoms with Gasteiger partial charge in [-0.3, -0.25) is 4.79 Å². The molecule has 2 rings (SSSR count). The van der Waals surface area contributed by atoms with Crippen LogP contribution in [-0.4, -0.2) is 29.8 Å². The number of nitrogens with one attached hydrogen (secondary N) is 1. The molecule has 4 heteroatoms. The van der Waals surface area contributed by atoms with Crippen LogP contribution in [0.3, 0.4) is 0 Å². The largest absolute Gasteiger partial charge is 0.384 e. The average Bonchev–Trinajstić information content (AvgIpc) is 2.86. The second-order valence-corrected chi connectivity index (χ2v) is 4.99. The number of hydrogen-bond acceptors (Lipinski definition) is 3. The summed E-state index contributed by atoms with van der Waals surface area (Å²) in [6, 6.07) is 5.53. The molecular formula is C16H19NO3. The van der Waals surface area contributed by atoms with E-state index in [1.807, 2.05) is 32.0 Å². The summed E-state index contributed by atoms with van der Waals surface area (Å²) < 4.78 is 5.55. The zero-order valence-electron chi connectivity index (χ0n) is 11.8. The second-order valence-electron chi connectivity index (χ2n) is 4.99. The van der Waals surface area contributed by atoms with Gasteiger partial charge < -0.3 is 15.2 Å². The van der Waals surface area contributed by atoms with Gasteiger partial charge in [0.05, 0.1) is 6.10 Å². The smallest absolute Gasteiger partial charge is 0.253 e. The van der Waals surface area contributed by atoms with E-state index in [1.165, 1.54) is 0 Å². The molecule has 0 saturated carbocycles. The third-order valence-corrected chi connectivity index (χ3v) is 3.32. The summed E-state index contributed by atoms with van der Waals surface area (Å²) in [5, 5.41) is 11.6. The molecule has 0 spiro atoms. The molecule has 2 atom stereocenters. The van der Waals surface area contributed by atoms with E-state index in [9.17, 15) is 4.79 Å². The highest BCUT2D eigenvalue weighted by Crippen LogP contribution is 2.22. The van der Waals surface area contributed by atoms with Crippen molar-refractivity contribution in [2.75, 3.05) is 11.9 Å². The van der Waals surface area contributed by atoms with Crippen LogP contribution >= 0.6 is 0 Å². The molecule has 1 fully saturated rings. The SMILES string of the molecule is Cc1cc(C#CCO)ccc1NC(=O)C1CCC(C)O1. The van der Waals surface area contributed by atoms with E-state index >= 15 is 0 Å². The van der Waals surface area contributed by atoms with Gasteiger partial charge in [-0.25, -0.2) is 0 Å². The molecule has 1 aliphatic heterocycles. The van der Waals surface area contributed by atoms with Crippen LogP contribution in [0.15, 0.2) is 18.2 Å². The minimum absolute atomic E-state index is 0.0911. The lowest BCUT2D eigenvalue weighted by molar-refractivity contribution is -0.126. The van der Waals surface area contributed by atoms with Crippen molar-refractivity contribution >= 4 is 11.6 Å². The first-order chi connectivity index (χ1) is 9.60. The Balaban J connectivity index is 2.04. The molecule has 0 radical (unpaired) electrons. The number of benzene rings is 1. The summed E-state index contributed by atoms with van der Waals surface area (Å²) in [6.07, 6.45) is 1.50. The number of aliphatic hydroxyl groups is 1. The van der Waals surface area contributed by atoms with Crippen LogP contribution in [0.1, 0.15) is 30.9 Å². The number of carbonyl (C=O) groups is 1. The summed E-state index contributed by atoms with van der Waals surface area (Å²) in [4.78, 5) is 12.1. The molecule has 1 aromatic carbocycles. The molecular weight excluding hydrogens is 254 g/mol. The molecule has 2 N–H and O–H groups in total. The molecule has 2 unspecified atom stereocenters. The van der Waals surface area contributed by atoms with E-state index in [-0.39, 0.29) is 24.7 Å². The third kappa shape index (κ3) is 3.60. The number of hydrogen-bond donors (Lipinski definition) is 2. The minimum Gasteiger partial charge on any atom is -0.384 e. The van der Waals surface area contributed by atoms with Crippen molar-refractivity contribution in [3.05, 3.63) is 29.3 Å². The van der Waals surface area contributed by atoms with Gasteiger partial charge in [0.15, 0.2) is 0 Å². The number of aliphatic hydroxyl groups excluding tert-OH is 1. The Morgan fingerprint density at radius 1 is 1.50 bits per heavy atom. The molecule has 0 aliphatic carbocycles. The highest BCUT2D eigenvalue weighted by molar-refractivity contribution is 5.95. The Kier molecular flexibility index (Phi) is 4.78. The number of carbonyl (C=O) groups excluding carboxylic acids is 1. The Labute approximate surface area is 119 Å². The van der Waals surface area contributed by atoms with Gasteiger partial charge in [0.25, 0.3) is 5.91 Å². The Hall–Kier alpha value is -1.83. The number of anilines is 1. The molecule has 20 heavy (non-hydrogen) atoms. The number of rotatable bonds is 2. The highest BCUT2D eigenvalue weighted by Gasteiger charge is 2.28. The van der Waals surface area contributed by atoms with E-state index in [4.69, 9.17) is 9.84 Å². The topological polar surface area (TPSA) is 58.6 Å². The predicted octanol–water partition coefficient (Wildman–Crippen LogP) is 1.84. The molecule has 1 saturated heterocycles. The van der Waals surface area contributed by atoms with Crippen molar-refractivity contribution in [1.29, 1.82) is 0 Å². The van der Waals surface area contributed by atoms with Gasteiger partial charge in [0.1, 0.15) is 12.7 Å². The normalized spacial score (nSPS) is 21.1. The van der Waals surface area contributed by atoms with E-state index in [2.05, 4.69) is 17.2 Å². The van der Waals surface area contributed by atoms with Crippen molar-refractivity contribution in [2.45, 2.75) is 38.9 Å². The first-order valence-electron chi connectivity index (χ1n) is 6.77. The maximum atomic E-state index is 12.1. The standard InChI is InChI=1S/C16H19NO3/c1-11-10-13(4-3-9-18)6-7-14(11)17-16(19)15-8-5-12(2)20-15/h6-7,10,12,15,18H,5,8-9H2,1-2H3,(H,17,19). The second kappa shape index (κ2) is 6.56. The monoisotopic (exact) mass is 273 g/mol. The van der Waals surface area contributed by atoms with Gasteiger partial charge in [-0.15, -0.1) is 0 Å². The summed E-state index contributed by atoms with van der Waals surface area (Å²) in [6.45, 7) is 3.74. The average molecular weight is 273 g/mol. The van der Waals surface area contributed by atoms with E-state index < -0.39 is 0 Å². The Bertz CT molecular complexity index is 557. The van der Waals surface area contributed by atoms with Crippen LogP contribution in [0.4, 0.5) is 5.69 Å². The molecule has 0 aromatic heterocycles. The summed E-state index contributed by atoms with van der Waals surface area (Å²) in [7, 11) is 0. The van der Waals surface area contributed by atoms with Gasteiger partial charge in [0, 0.05) is 11.3 Å². The van der Waals surface area contributed by atoms with Crippen LogP contribution < -0.4 is 5.32 Å². The van der Waals surface area contributed by atoms with Crippen LogP contribution in [-0.2, 0) is 9.53 Å². The van der Waals surface area contributed by atoms with Crippen LogP contribution in [0.25, 0.3) is 0 Å². The van der Waals surface area contributed by atoms with E-state index in [1.54, 1.807) is 0 Å². The van der Waals surface area contributed by atoms with Gasteiger partial charge in [-0.05, 0) is 50.5 Å². The lowest BCUT2D eigenvalue weighted by atomic mass is 10.1. The maximum absolute atomic E-state index is 12.1. The maximum Gasteiger partial charge on any atom is 0.253 e. The molecule has 1 heterocycles. The molecule has 1 aromatic rings. The zero-order chi connectivity index (χ0) is 14.5. The number of aryl methyl sites for hydroxylation is 1. The minimum atomic E-state index is -0.349. The van der Waals surface area contributed by atoms with Gasteiger partial charge >= 0.3 is 0 Å². The first-order valence-corrected chi connectivity index (χ1v) is 6.77. The lowest BCUT2D eigenvalue weighted by Gasteiger charge is -2.13. The fourth-order valence-corrected chi connectivity index (χ4v) is 2.23. The molecule has 1 aliphatic rings. The molecule has 1 amide bonds. The Morgan fingerprint density at radius 3 is 2.90 bits per heavy atom. The van der Waals surface area contributed by atoms with Gasteiger partial charge in [-0.1, -0.05) is 11.8 Å². The van der Waals surface area contributed by atoms with Crippen molar-refractivity contribution in [3.8, 4) is 11.8 Å². The fourth-order valence-electron chi connectivity index (χ4n) is 2.23. The van der Waals surface area contributed by atoms with Crippen LogP contribution in [0, 0.1) is 18.8 Å². The number of ether oxygens (including phenoxy) is 1. The molecule has 0 bridgehead atoms.